The zero-order valence-corrected chi connectivity index (χ0v) is 17.1. The molecule has 2 aromatic carbocycles. The number of benzene rings is 2. The Kier molecular flexibility index (Phi) is 6.39. The van der Waals surface area contributed by atoms with Crippen molar-refractivity contribution in [2.24, 2.45) is 5.92 Å². The van der Waals surface area contributed by atoms with Crippen molar-refractivity contribution in [1.29, 1.82) is 0 Å². The Labute approximate surface area is 171 Å². The highest BCUT2D eigenvalue weighted by molar-refractivity contribution is 9.10. The smallest absolute Gasteiger partial charge is 0.261 e. The first kappa shape index (κ1) is 19.7. The van der Waals surface area contributed by atoms with Crippen LogP contribution in [0.4, 0.5) is 5.69 Å². The fourth-order valence-corrected chi connectivity index (χ4v) is 3.27. The fraction of sp³-hybridized carbons (Fsp3) is 0.300. The van der Waals surface area contributed by atoms with Crippen LogP contribution in [0, 0.1) is 5.92 Å². The summed E-state index contributed by atoms with van der Waals surface area (Å²) in [5, 5.41) is 6.34. The molecular formula is C20H20BrClN2O3. The maximum Gasteiger partial charge on any atom is 0.261 e. The molecule has 5 nitrogen and oxygen atoms in total. The highest BCUT2D eigenvalue weighted by Crippen LogP contribution is 2.30. The van der Waals surface area contributed by atoms with Crippen LogP contribution in [0.25, 0.3) is 0 Å². The molecule has 1 saturated carbocycles. The van der Waals surface area contributed by atoms with Crippen molar-refractivity contribution in [2.75, 3.05) is 5.32 Å². The molecule has 1 fully saturated rings. The number of ether oxygens (including phenoxy) is 1. The minimum atomic E-state index is -0.666. The molecule has 27 heavy (non-hydrogen) atoms. The number of hydrogen-bond donors (Lipinski definition) is 2. The monoisotopic (exact) mass is 450 g/mol. The zero-order valence-electron chi connectivity index (χ0n) is 14.8. The molecule has 2 N–H and O–H groups in total. The third-order valence-electron chi connectivity index (χ3n) is 4.18. The molecule has 0 aromatic heterocycles. The molecule has 1 aliphatic carbocycles. The predicted octanol–water partition coefficient (Wildman–Crippen LogP) is 4.53. The topological polar surface area (TPSA) is 67.4 Å². The van der Waals surface area contributed by atoms with Crippen molar-refractivity contribution in [1.82, 2.24) is 5.32 Å². The van der Waals surface area contributed by atoms with Gasteiger partial charge in [-0.05, 0) is 71.6 Å². The van der Waals surface area contributed by atoms with Crippen LogP contribution >= 0.6 is 27.5 Å². The lowest BCUT2D eigenvalue weighted by Gasteiger charge is -2.16. The second kappa shape index (κ2) is 8.76. The Morgan fingerprint density at radius 3 is 2.74 bits per heavy atom. The molecule has 1 atom stereocenters. The molecule has 142 valence electrons. The van der Waals surface area contributed by atoms with Crippen LogP contribution in [0.2, 0.25) is 5.02 Å². The molecule has 1 unspecified atom stereocenters. The largest absolute Gasteiger partial charge is 0.480 e. The third-order valence-corrected chi connectivity index (χ3v) is 5.03. The molecule has 0 heterocycles. The number of rotatable bonds is 7. The van der Waals surface area contributed by atoms with E-state index in [0.717, 1.165) is 24.1 Å². The lowest BCUT2D eigenvalue weighted by atomic mass is 10.2. The molecule has 0 bridgehead atoms. The van der Waals surface area contributed by atoms with E-state index in [9.17, 15) is 9.59 Å². The molecule has 1 aliphatic rings. The summed E-state index contributed by atoms with van der Waals surface area (Å²) < 4.78 is 6.37. The summed E-state index contributed by atoms with van der Waals surface area (Å²) in [4.78, 5) is 24.2. The molecule has 2 amide bonds. The van der Waals surface area contributed by atoms with Gasteiger partial charge in [0.15, 0.2) is 6.10 Å². The normalized spacial score (nSPS) is 14.3. The van der Waals surface area contributed by atoms with E-state index in [1.165, 1.54) is 0 Å². The van der Waals surface area contributed by atoms with E-state index in [1.54, 1.807) is 25.1 Å². The summed E-state index contributed by atoms with van der Waals surface area (Å²) in [5.41, 5.74) is 1.64. The minimum Gasteiger partial charge on any atom is -0.480 e. The first-order chi connectivity index (χ1) is 12.9. The van der Waals surface area contributed by atoms with Gasteiger partial charge in [0.05, 0.1) is 4.47 Å². The van der Waals surface area contributed by atoms with Gasteiger partial charge in [-0.3, -0.25) is 9.59 Å². The highest BCUT2D eigenvalue weighted by Gasteiger charge is 2.29. The fourth-order valence-electron chi connectivity index (χ4n) is 2.50. The van der Waals surface area contributed by atoms with Crippen LogP contribution in [0.3, 0.4) is 0 Å². The Balaban J connectivity index is 1.52. The second-order valence-electron chi connectivity index (χ2n) is 6.52. The third kappa shape index (κ3) is 5.71. The molecule has 3 rings (SSSR count). The molecule has 0 aliphatic heterocycles. The lowest BCUT2D eigenvalue weighted by molar-refractivity contribution is -0.127. The number of halogens is 2. The number of hydrogen-bond acceptors (Lipinski definition) is 3. The average Bonchev–Trinajstić information content (AvgIpc) is 3.47. The summed E-state index contributed by atoms with van der Waals surface area (Å²) in [7, 11) is 0. The van der Waals surface area contributed by atoms with Crippen LogP contribution in [-0.2, 0) is 16.1 Å². The van der Waals surface area contributed by atoms with Crippen LogP contribution in [-0.4, -0.2) is 17.9 Å². The van der Waals surface area contributed by atoms with Crippen molar-refractivity contribution >= 4 is 45.0 Å². The van der Waals surface area contributed by atoms with Gasteiger partial charge in [-0.1, -0.05) is 23.7 Å². The zero-order chi connectivity index (χ0) is 19.4. The Bertz CT molecular complexity index is 855. The summed E-state index contributed by atoms with van der Waals surface area (Å²) in [6, 6.07) is 12.6. The van der Waals surface area contributed by atoms with E-state index in [1.807, 2.05) is 24.3 Å². The molecule has 2 aromatic rings. The molecule has 0 saturated heterocycles. The maximum atomic E-state index is 12.3. The number of amides is 2. The van der Waals surface area contributed by atoms with Crippen molar-refractivity contribution in [3.8, 4) is 5.75 Å². The number of nitrogens with one attached hydrogen (secondary N) is 2. The van der Waals surface area contributed by atoms with Gasteiger partial charge in [-0.15, -0.1) is 0 Å². The molecule has 0 spiro atoms. The quantitative estimate of drug-likeness (QED) is 0.650. The standard InChI is InChI=1S/C20H20BrClN2O3/c1-12(27-18-8-7-15(22)10-17(18)21)19(25)23-11-13-3-2-4-16(9-13)24-20(26)14-5-6-14/h2-4,7-10,12,14H,5-6,11H2,1H3,(H,23,25)(H,24,26). The van der Waals surface area contributed by atoms with Crippen LogP contribution in [0.1, 0.15) is 25.3 Å². The van der Waals surface area contributed by atoms with Crippen LogP contribution in [0.15, 0.2) is 46.9 Å². The van der Waals surface area contributed by atoms with Gasteiger partial charge in [0.2, 0.25) is 5.91 Å². The summed E-state index contributed by atoms with van der Waals surface area (Å²) in [6.45, 7) is 2.03. The molecule has 7 heteroatoms. The molecule has 0 radical (unpaired) electrons. The number of carbonyl (C=O) groups excluding carboxylic acids is 2. The van der Waals surface area contributed by atoms with Gasteiger partial charge in [-0.25, -0.2) is 0 Å². The van der Waals surface area contributed by atoms with Gasteiger partial charge in [0.25, 0.3) is 5.91 Å². The maximum absolute atomic E-state index is 12.3. The lowest BCUT2D eigenvalue weighted by Crippen LogP contribution is -2.36. The van der Waals surface area contributed by atoms with Gasteiger partial charge in [-0.2, -0.15) is 0 Å². The van der Waals surface area contributed by atoms with E-state index < -0.39 is 6.10 Å². The van der Waals surface area contributed by atoms with Crippen molar-refractivity contribution in [2.45, 2.75) is 32.4 Å². The highest BCUT2D eigenvalue weighted by atomic mass is 79.9. The van der Waals surface area contributed by atoms with E-state index in [0.29, 0.717) is 21.8 Å². The number of anilines is 1. The average molecular weight is 452 g/mol. The summed E-state index contributed by atoms with van der Waals surface area (Å²) in [6.07, 6.45) is 1.26. The van der Waals surface area contributed by atoms with Gasteiger partial charge in [0.1, 0.15) is 5.75 Å². The van der Waals surface area contributed by atoms with E-state index in [2.05, 4.69) is 26.6 Å². The SMILES string of the molecule is CC(Oc1ccc(Cl)cc1Br)C(=O)NCc1cccc(NC(=O)C2CC2)c1. The van der Waals surface area contributed by atoms with E-state index in [4.69, 9.17) is 16.3 Å². The Morgan fingerprint density at radius 1 is 1.26 bits per heavy atom. The van der Waals surface area contributed by atoms with Gasteiger partial charge < -0.3 is 15.4 Å². The van der Waals surface area contributed by atoms with Gasteiger partial charge in [0, 0.05) is 23.2 Å². The molecular weight excluding hydrogens is 432 g/mol. The van der Waals surface area contributed by atoms with Crippen molar-refractivity contribution in [3.05, 3.63) is 57.5 Å². The Morgan fingerprint density at radius 2 is 2.04 bits per heavy atom. The first-order valence-corrected chi connectivity index (χ1v) is 9.88. The van der Waals surface area contributed by atoms with Gasteiger partial charge >= 0.3 is 0 Å². The Hall–Kier alpha value is -2.05. The summed E-state index contributed by atoms with van der Waals surface area (Å²) >= 11 is 9.27. The van der Waals surface area contributed by atoms with E-state index in [-0.39, 0.29) is 17.7 Å². The second-order valence-corrected chi connectivity index (χ2v) is 7.81. The first-order valence-electron chi connectivity index (χ1n) is 8.71. The van der Waals surface area contributed by atoms with Crippen LogP contribution < -0.4 is 15.4 Å². The minimum absolute atomic E-state index is 0.0618. The van der Waals surface area contributed by atoms with Crippen LogP contribution in [0.5, 0.6) is 5.75 Å². The van der Waals surface area contributed by atoms with Crippen molar-refractivity contribution in [3.63, 3.8) is 0 Å². The number of carbonyl (C=O) groups is 2. The summed E-state index contributed by atoms with van der Waals surface area (Å²) in [5.74, 6) is 0.529. The van der Waals surface area contributed by atoms with E-state index >= 15 is 0 Å². The predicted molar refractivity (Wildman–Crippen MR) is 109 cm³/mol. The van der Waals surface area contributed by atoms with Crippen molar-refractivity contribution < 1.29 is 14.3 Å².